The van der Waals surface area contributed by atoms with E-state index in [4.69, 9.17) is 4.74 Å². The predicted molar refractivity (Wildman–Crippen MR) is 80.2 cm³/mol. The highest BCUT2D eigenvalue weighted by Crippen LogP contribution is 2.19. The van der Waals surface area contributed by atoms with Crippen molar-refractivity contribution in [1.82, 2.24) is 10.3 Å². The van der Waals surface area contributed by atoms with Gasteiger partial charge in [0.25, 0.3) is 6.54 Å². The predicted octanol–water partition coefficient (Wildman–Crippen LogP) is 1.22. The Morgan fingerprint density at radius 2 is 2.45 bits per heavy atom. The van der Waals surface area contributed by atoms with Gasteiger partial charge in [-0.25, -0.2) is 0 Å². The Kier molecular flexibility index (Phi) is 7.41. The maximum atomic E-state index is 10.4. The fourth-order valence-corrected chi connectivity index (χ4v) is 2.28. The summed E-state index contributed by atoms with van der Waals surface area (Å²) in [5, 5.41) is 13.3. The molecule has 0 atom stereocenters. The first-order valence-corrected chi connectivity index (χ1v) is 7.19. The van der Waals surface area contributed by atoms with E-state index in [-0.39, 0.29) is 6.54 Å². The third kappa shape index (κ3) is 5.87. The van der Waals surface area contributed by atoms with E-state index in [2.05, 4.69) is 15.3 Å². The number of aromatic nitrogens is 1. The number of nitrogens with zero attached hydrogens (tertiary/aromatic N) is 3. The molecule has 0 unspecified atom stereocenters. The summed E-state index contributed by atoms with van der Waals surface area (Å²) in [6.45, 7) is 0.357. The highest BCUT2D eigenvalue weighted by molar-refractivity contribution is 7.98. The summed E-state index contributed by atoms with van der Waals surface area (Å²) < 4.78 is 5.22. The molecule has 1 N–H and O–H groups in total. The molecule has 1 aromatic rings. The minimum atomic E-state index is -0.402. The van der Waals surface area contributed by atoms with Crippen molar-refractivity contribution < 1.29 is 9.66 Å². The standard InChI is InChI=1S/C12H18N4O3S/c1-13-12(8-16(17)18)15-6-7-20-9-10-11(19-2)4-3-5-14-10/h3-5H,6-9H2,1-2H3,(H,13,15). The van der Waals surface area contributed by atoms with Crippen LogP contribution in [0.1, 0.15) is 5.69 Å². The molecule has 0 bridgehead atoms. The van der Waals surface area contributed by atoms with Crippen molar-refractivity contribution >= 4 is 17.6 Å². The smallest absolute Gasteiger partial charge is 0.259 e. The summed E-state index contributed by atoms with van der Waals surface area (Å²) in [6, 6.07) is 3.70. The molecule has 1 rings (SSSR count). The van der Waals surface area contributed by atoms with Crippen molar-refractivity contribution in [2.45, 2.75) is 5.75 Å². The average molecular weight is 298 g/mol. The van der Waals surface area contributed by atoms with E-state index in [0.29, 0.717) is 12.4 Å². The number of methoxy groups -OCH3 is 1. The number of ether oxygens (including phenoxy) is 1. The summed E-state index contributed by atoms with van der Waals surface area (Å²) in [4.78, 5) is 18.1. The van der Waals surface area contributed by atoms with Crippen LogP contribution in [0.3, 0.4) is 0 Å². The van der Waals surface area contributed by atoms with Gasteiger partial charge in [-0.1, -0.05) is 0 Å². The summed E-state index contributed by atoms with van der Waals surface area (Å²) in [6.07, 6.45) is 1.73. The van der Waals surface area contributed by atoms with Crippen LogP contribution >= 0.6 is 11.8 Å². The van der Waals surface area contributed by atoms with Crippen LogP contribution in [-0.2, 0) is 5.75 Å². The van der Waals surface area contributed by atoms with Crippen LogP contribution in [0.15, 0.2) is 23.3 Å². The Balaban J connectivity index is 2.26. The number of rotatable bonds is 8. The normalized spacial score (nSPS) is 11.2. The van der Waals surface area contributed by atoms with Crippen LogP contribution in [0.5, 0.6) is 5.75 Å². The van der Waals surface area contributed by atoms with Gasteiger partial charge >= 0.3 is 0 Å². The minimum Gasteiger partial charge on any atom is -0.495 e. The molecule has 110 valence electrons. The van der Waals surface area contributed by atoms with E-state index in [1.807, 2.05) is 12.1 Å². The first-order valence-electron chi connectivity index (χ1n) is 6.04. The Hall–Kier alpha value is -1.83. The Morgan fingerprint density at radius 1 is 1.65 bits per heavy atom. The second-order valence-electron chi connectivity index (χ2n) is 3.79. The number of nitro groups is 1. The average Bonchev–Trinajstić information content (AvgIpc) is 2.45. The molecule has 1 aromatic heterocycles. The molecular weight excluding hydrogens is 280 g/mol. The van der Waals surface area contributed by atoms with Crippen molar-refractivity contribution in [1.29, 1.82) is 0 Å². The molecule has 0 aliphatic carbocycles. The number of hydrogen-bond acceptors (Lipinski definition) is 6. The minimum absolute atomic E-state index is 0.269. The van der Waals surface area contributed by atoms with Gasteiger partial charge in [0.2, 0.25) is 0 Å². The van der Waals surface area contributed by atoms with Crippen molar-refractivity contribution in [3.05, 3.63) is 34.1 Å². The number of thioether (sulfide) groups is 1. The van der Waals surface area contributed by atoms with Gasteiger partial charge in [-0.2, -0.15) is 11.8 Å². The number of amidine groups is 1. The van der Waals surface area contributed by atoms with Gasteiger partial charge in [0.05, 0.1) is 12.8 Å². The lowest BCUT2D eigenvalue weighted by atomic mass is 10.3. The fraction of sp³-hybridized carbons (Fsp3) is 0.500. The lowest BCUT2D eigenvalue weighted by Crippen LogP contribution is -2.31. The largest absolute Gasteiger partial charge is 0.495 e. The van der Waals surface area contributed by atoms with E-state index >= 15 is 0 Å². The van der Waals surface area contributed by atoms with Crippen LogP contribution < -0.4 is 10.1 Å². The molecule has 20 heavy (non-hydrogen) atoms. The maximum Gasteiger partial charge on any atom is 0.259 e. The molecule has 1 heterocycles. The van der Waals surface area contributed by atoms with E-state index in [1.54, 1.807) is 25.1 Å². The highest BCUT2D eigenvalue weighted by Gasteiger charge is 2.06. The van der Waals surface area contributed by atoms with E-state index in [9.17, 15) is 10.1 Å². The molecule has 0 fully saturated rings. The van der Waals surface area contributed by atoms with Gasteiger partial charge in [-0.15, -0.1) is 0 Å². The lowest BCUT2D eigenvalue weighted by Gasteiger charge is -2.08. The first kappa shape index (κ1) is 16.2. The van der Waals surface area contributed by atoms with Crippen LogP contribution in [0, 0.1) is 10.1 Å². The van der Waals surface area contributed by atoms with Crippen molar-refractivity contribution in [3.8, 4) is 5.75 Å². The van der Waals surface area contributed by atoms with Crippen molar-refractivity contribution in [2.75, 3.05) is 33.0 Å². The number of nitrogens with one attached hydrogen (secondary N) is 1. The summed E-state index contributed by atoms with van der Waals surface area (Å²) in [5.74, 6) is 2.71. The zero-order valence-electron chi connectivity index (χ0n) is 11.5. The van der Waals surface area contributed by atoms with Gasteiger partial charge in [0, 0.05) is 36.2 Å². The fourth-order valence-electron chi connectivity index (χ4n) is 1.48. The van der Waals surface area contributed by atoms with E-state index < -0.39 is 4.92 Å². The third-order valence-corrected chi connectivity index (χ3v) is 3.40. The second-order valence-corrected chi connectivity index (χ2v) is 4.90. The van der Waals surface area contributed by atoms with Gasteiger partial charge in [-0.3, -0.25) is 20.1 Å². The zero-order valence-corrected chi connectivity index (χ0v) is 12.4. The van der Waals surface area contributed by atoms with E-state index in [0.717, 1.165) is 22.9 Å². The quantitative estimate of drug-likeness (QED) is 0.255. The second kappa shape index (κ2) is 9.13. The van der Waals surface area contributed by atoms with Gasteiger partial charge in [0.15, 0.2) is 5.84 Å². The molecule has 0 spiro atoms. The lowest BCUT2D eigenvalue weighted by molar-refractivity contribution is -0.463. The SMILES string of the molecule is CN=C(C[N+](=O)[O-])NCCSCc1ncccc1OC. The van der Waals surface area contributed by atoms with Crippen molar-refractivity contribution in [3.63, 3.8) is 0 Å². The highest BCUT2D eigenvalue weighted by atomic mass is 32.2. The maximum absolute atomic E-state index is 10.4. The number of hydrogen-bond donors (Lipinski definition) is 1. The molecule has 0 amide bonds. The summed E-state index contributed by atoms with van der Waals surface area (Å²) in [5.41, 5.74) is 0.898. The van der Waals surface area contributed by atoms with Gasteiger partial charge < -0.3 is 10.1 Å². The molecule has 0 aliphatic heterocycles. The first-order chi connectivity index (χ1) is 9.67. The van der Waals surface area contributed by atoms with Crippen LogP contribution in [0.25, 0.3) is 0 Å². The molecule has 0 aromatic carbocycles. The Labute approximate surface area is 122 Å². The number of aliphatic imine (C=N–C) groups is 1. The summed E-state index contributed by atoms with van der Waals surface area (Å²) >= 11 is 1.68. The molecule has 8 heteroatoms. The molecule has 0 saturated carbocycles. The monoisotopic (exact) mass is 298 g/mol. The Bertz CT molecular complexity index is 468. The third-order valence-electron chi connectivity index (χ3n) is 2.43. The molecular formula is C12H18N4O3S. The van der Waals surface area contributed by atoms with Gasteiger partial charge in [-0.05, 0) is 12.1 Å². The van der Waals surface area contributed by atoms with Crippen LogP contribution in [0.4, 0.5) is 0 Å². The van der Waals surface area contributed by atoms with Crippen LogP contribution in [0.2, 0.25) is 0 Å². The van der Waals surface area contributed by atoms with E-state index in [1.165, 1.54) is 7.05 Å². The van der Waals surface area contributed by atoms with Gasteiger partial charge in [0.1, 0.15) is 5.75 Å². The molecule has 0 aliphatic rings. The topological polar surface area (TPSA) is 89.7 Å². The van der Waals surface area contributed by atoms with Crippen molar-refractivity contribution in [2.24, 2.45) is 4.99 Å². The van der Waals surface area contributed by atoms with Crippen LogP contribution in [-0.4, -0.2) is 48.7 Å². The Morgan fingerprint density at radius 3 is 3.10 bits per heavy atom. The zero-order chi connectivity index (χ0) is 14.8. The molecule has 7 nitrogen and oxygen atoms in total. The molecule has 0 radical (unpaired) electrons. The molecule has 0 saturated heterocycles. The number of pyridine rings is 1. The summed E-state index contributed by atoms with van der Waals surface area (Å²) in [7, 11) is 3.16.